The van der Waals surface area contributed by atoms with Crippen LogP contribution in [0.1, 0.15) is 12.5 Å². The molecule has 0 spiro atoms. The molecule has 1 atom stereocenters. The first kappa shape index (κ1) is 12.0. The SMILES string of the molecule is Cc1cc(N2CC(=O)NC(=O)C2C)ncc1Br. The van der Waals surface area contributed by atoms with Crippen LogP contribution in [0.5, 0.6) is 0 Å². The molecule has 1 aliphatic heterocycles. The minimum atomic E-state index is -0.388. The lowest BCUT2D eigenvalue weighted by molar-refractivity contribution is -0.132. The molecule has 2 heterocycles. The molecule has 0 aliphatic carbocycles. The van der Waals surface area contributed by atoms with Gasteiger partial charge in [0.1, 0.15) is 11.9 Å². The summed E-state index contributed by atoms with van der Waals surface area (Å²) in [4.78, 5) is 28.8. The molecule has 0 radical (unpaired) electrons. The lowest BCUT2D eigenvalue weighted by atomic mass is 10.2. The largest absolute Gasteiger partial charge is 0.336 e. The smallest absolute Gasteiger partial charge is 0.249 e. The lowest BCUT2D eigenvalue weighted by Gasteiger charge is -2.32. The van der Waals surface area contributed by atoms with Crippen molar-refractivity contribution in [3.05, 3.63) is 22.3 Å². The fraction of sp³-hybridized carbons (Fsp3) is 0.364. The Morgan fingerprint density at radius 1 is 1.53 bits per heavy atom. The molecular weight excluding hydrogens is 286 g/mol. The predicted molar refractivity (Wildman–Crippen MR) is 66.6 cm³/mol. The maximum absolute atomic E-state index is 11.5. The monoisotopic (exact) mass is 297 g/mol. The summed E-state index contributed by atoms with van der Waals surface area (Å²) in [5, 5.41) is 2.30. The van der Waals surface area contributed by atoms with Crippen LogP contribution in [0.15, 0.2) is 16.7 Å². The van der Waals surface area contributed by atoms with Crippen LogP contribution < -0.4 is 10.2 Å². The first-order valence-corrected chi connectivity index (χ1v) is 6.01. The zero-order chi connectivity index (χ0) is 12.6. The number of aromatic nitrogens is 1. The number of pyridine rings is 1. The van der Waals surface area contributed by atoms with Crippen LogP contribution in [0.2, 0.25) is 0 Å². The normalized spacial score (nSPS) is 20.4. The van der Waals surface area contributed by atoms with Crippen LogP contribution in [0.3, 0.4) is 0 Å². The number of anilines is 1. The highest BCUT2D eigenvalue weighted by Gasteiger charge is 2.31. The summed E-state index contributed by atoms with van der Waals surface area (Å²) in [6, 6.07) is 1.47. The van der Waals surface area contributed by atoms with Gasteiger partial charge in [0.25, 0.3) is 0 Å². The summed E-state index contributed by atoms with van der Waals surface area (Å²) in [7, 11) is 0. The van der Waals surface area contributed by atoms with Crippen molar-refractivity contribution >= 4 is 33.6 Å². The summed E-state index contributed by atoms with van der Waals surface area (Å²) >= 11 is 3.36. The van der Waals surface area contributed by atoms with Gasteiger partial charge in [-0.25, -0.2) is 4.98 Å². The van der Waals surface area contributed by atoms with E-state index in [-0.39, 0.29) is 24.4 Å². The van der Waals surface area contributed by atoms with Crippen molar-refractivity contribution in [1.82, 2.24) is 10.3 Å². The highest BCUT2D eigenvalue weighted by Crippen LogP contribution is 2.22. The van der Waals surface area contributed by atoms with Gasteiger partial charge in [-0.1, -0.05) is 0 Å². The van der Waals surface area contributed by atoms with Crippen LogP contribution >= 0.6 is 15.9 Å². The number of rotatable bonds is 1. The number of carbonyl (C=O) groups excluding carboxylic acids is 2. The molecular formula is C11H12BrN3O2. The summed E-state index contributed by atoms with van der Waals surface area (Å²) in [6.07, 6.45) is 1.67. The maximum atomic E-state index is 11.5. The number of imide groups is 1. The topological polar surface area (TPSA) is 62.3 Å². The molecule has 0 aromatic carbocycles. The molecule has 90 valence electrons. The third-order valence-electron chi connectivity index (χ3n) is 2.75. The Kier molecular flexibility index (Phi) is 3.15. The number of nitrogens with one attached hydrogen (secondary N) is 1. The zero-order valence-corrected chi connectivity index (χ0v) is 11.1. The van der Waals surface area contributed by atoms with Gasteiger partial charge < -0.3 is 4.90 Å². The van der Waals surface area contributed by atoms with Crippen molar-refractivity contribution in [3.8, 4) is 0 Å². The number of nitrogens with zero attached hydrogens (tertiary/aromatic N) is 2. The Morgan fingerprint density at radius 3 is 2.88 bits per heavy atom. The number of carbonyl (C=O) groups is 2. The van der Waals surface area contributed by atoms with Crippen LogP contribution in [0.25, 0.3) is 0 Å². The van der Waals surface area contributed by atoms with Crippen LogP contribution in [0, 0.1) is 6.92 Å². The molecule has 1 unspecified atom stereocenters. The van der Waals surface area contributed by atoms with Crippen molar-refractivity contribution in [1.29, 1.82) is 0 Å². The number of aryl methyl sites for hydroxylation is 1. The Labute approximate surface area is 107 Å². The Bertz CT molecular complexity index is 490. The first-order valence-electron chi connectivity index (χ1n) is 5.21. The number of hydrogen-bond acceptors (Lipinski definition) is 4. The molecule has 1 aliphatic rings. The van der Waals surface area contributed by atoms with E-state index in [9.17, 15) is 9.59 Å². The molecule has 1 aromatic rings. The Hall–Kier alpha value is -1.43. The molecule has 1 saturated heterocycles. The molecule has 0 saturated carbocycles. The molecule has 1 aromatic heterocycles. The summed E-state index contributed by atoms with van der Waals surface area (Å²) < 4.78 is 0.904. The molecule has 1 fully saturated rings. The maximum Gasteiger partial charge on any atom is 0.249 e. The summed E-state index contributed by atoms with van der Waals surface area (Å²) in [5.41, 5.74) is 1.01. The summed E-state index contributed by atoms with van der Waals surface area (Å²) in [6.45, 7) is 3.84. The highest BCUT2D eigenvalue weighted by molar-refractivity contribution is 9.10. The van der Waals surface area contributed by atoms with Gasteiger partial charge in [0.05, 0.1) is 6.54 Å². The van der Waals surface area contributed by atoms with Gasteiger partial charge >= 0.3 is 0 Å². The van der Waals surface area contributed by atoms with E-state index in [1.165, 1.54) is 0 Å². The van der Waals surface area contributed by atoms with Gasteiger partial charge in [0.15, 0.2) is 0 Å². The second kappa shape index (κ2) is 4.44. The lowest BCUT2D eigenvalue weighted by Crippen LogP contribution is -2.57. The number of piperazine rings is 1. The molecule has 1 N–H and O–H groups in total. The van der Waals surface area contributed by atoms with E-state index < -0.39 is 0 Å². The van der Waals surface area contributed by atoms with Crippen LogP contribution in [0.4, 0.5) is 5.82 Å². The van der Waals surface area contributed by atoms with Gasteiger partial charge in [0, 0.05) is 10.7 Å². The zero-order valence-electron chi connectivity index (χ0n) is 9.53. The van der Waals surface area contributed by atoms with Crippen molar-refractivity contribution < 1.29 is 9.59 Å². The quantitative estimate of drug-likeness (QED) is 0.786. The average molecular weight is 298 g/mol. The molecule has 5 nitrogen and oxygen atoms in total. The fourth-order valence-electron chi connectivity index (χ4n) is 1.68. The van der Waals surface area contributed by atoms with Gasteiger partial charge in [-0.05, 0) is 41.4 Å². The van der Waals surface area contributed by atoms with Crippen molar-refractivity contribution in [2.75, 3.05) is 11.4 Å². The Morgan fingerprint density at radius 2 is 2.24 bits per heavy atom. The van der Waals surface area contributed by atoms with Crippen LogP contribution in [-0.2, 0) is 9.59 Å². The van der Waals surface area contributed by atoms with E-state index in [4.69, 9.17) is 0 Å². The second-order valence-electron chi connectivity index (χ2n) is 4.01. The average Bonchev–Trinajstić information content (AvgIpc) is 2.27. The fourth-order valence-corrected chi connectivity index (χ4v) is 1.89. The number of hydrogen-bond donors (Lipinski definition) is 1. The highest BCUT2D eigenvalue weighted by atomic mass is 79.9. The molecule has 6 heteroatoms. The molecule has 17 heavy (non-hydrogen) atoms. The molecule has 2 amide bonds. The Balaban J connectivity index is 2.34. The van der Waals surface area contributed by atoms with E-state index >= 15 is 0 Å². The first-order chi connectivity index (χ1) is 7.99. The van der Waals surface area contributed by atoms with Crippen molar-refractivity contribution in [3.63, 3.8) is 0 Å². The molecule has 0 bridgehead atoms. The summed E-state index contributed by atoms with van der Waals surface area (Å²) in [5.74, 6) is 0.0560. The standard InChI is InChI=1S/C11H12BrN3O2/c1-6-3-9(13-4-8(6)12)15-5-10(16)14-11(17)7(15)2/h3-4,7H,5H2,1-2H3,(H,14,16,17). The van der Waals surface area contributed by atoms with E-state index in [0.717, 1.165) is 10.0 Å². The number of amides is 2. The number of halogens is 1. The van der Waals surface area contributed by atoms with Crippen LogP contribution in [-0.4, -0.2) is 29.4 Å². The minimum Gasteiger partial charge on any atom is -0.336 e. The van der Waals surface area contributed by atoms with Crippen molar-refractivity contribution in [2.24, 2.45) is 0 Å². The third kappa shape index (κ3) is 2.31. The van der Waals surface area contributed by atoms with E-state index in [1.807, 2.05) is 13.0 Å². The van der Waals surface area contributed by atoms with Crippen molar-refractivity contribution in [2.45, 2.75) is 19.9 Å². The third-order valence-corrected chi connectivity index (χ3v) is 3.58. The van der Waals surface area contributed by atoms with Gasteiger partial charge in [0.2, 0.25) is 11.8 Å². The van der Waals surface area contributed by atoms with Gasteiger partial charge in [-0.3, -0.25) is 14.9 Å². The van der Waals surface area contributed by atoms with E-state index in [0.29, 0.717) is 5.82 Å². The predicted octanol–water partition coefficient (Wildman–Crippen LogP) is 1.00. The minimum absolute atomic E-state index is 0.154. The second-order valence-corrected chi connectivity index (χ2v) is 4.86. The van der Waals surface area contributed by atoms with E-state index in [1.54, 1.807) is 18.0 Å². The molecule has 2 rings (SSSR count). The van der Waals surface area contributed by atoms with E-state index in [2.05, 4.69) is 26.2 Å². The van der Waals surface area contributed by atoms with Gasteiger partial charge in [-0.2, -0.15) is 0 Å². The van der Waals surface area contributed by atoms with Gasteiger partial charge in [-0.15, -0.1) is 0 Å².